The van der Waals surface area contributed by atoms with Crippen LogP contribution in [0.5, 0.6) is 5.75 Å². The van der Waals surface area contributed by atoms with Gasteiger partial charge >= 0.3 is 5.97 Å². The molecule has 1 aliphatic heterocycles. The summed E-state index contributed by atoms with van der Waals surface area (Å²) in [4.78, 5) is 11.0. The summed E-state index contributed by atoms with van der Waals surface area (Å²) in [6.07, 6.45) is 3.45. The van der Waals surface area contributed by atoms with Crippen LogP contribution >= 0.6 is 0 Å². The van der Waals surface area contributed by atoms with Gasteiger partial charge in [-0.2, -0.15) is 0 Å². The van der Waals surface area contributed by atoms with Crippen molar-refractivity contribution < 1.29 is 23.8 Å². The Morgan fingerprint density at radius 1 is 1.23 bits per heavy atom. The molecule has 158 valence electrons. The molecule has 4 nitrogen and oxygen atoms in total. The highest BCUT2D eigenvalue weighted by molar-refractivity contribution is 5.68. The number of carbonyl (C=O) groups is 1. The van der Waals surface area contributed by atoms with Gasteiger partial charge in [0.2, 0.25) is 0 Å². The van der Waals surface area contributed by atoms with Crippen LogP contribution in [-0.4, -0.2) is 23.8 Å². The van der Waals surface area contributed by atoms with Gasteiger partial charge in [-0.05, 0) is 49.8 Å². The molecule has 5 heteroatoms. The molecule has 0 unspecified atom stereocenters. The number of para-hydroxylation sites is 1. The van der Waals surface area contributed by atoms with Gasteiger partial charge in [-0.1, -0.05) is 48.6 Å². The Hall–Kier alpha value is -2.66. The number of hydrogen-bond donors (Lipinski definition) is 1. The van der Waals surface area contributed by atoms with Gasteiger partial charge in [-0.15, -0.1) is 0 Å². The van der Waals surface area contributed by atoms with Gasteiger partial charge in [0.05, 0.1) is 12.2 Å². The Bertz CT molecular complexity index is 954. The summed E-state index contributed by atoms with van der Waals surface area (Å²) in [6.45, 7) is 5.56. The molecule has 0 radical (unpaired) electrons. The van der Waals surface area contributed by atoms with Crippen LogP contribution in [0.1, 0.15) is 54.9 Å². The summed E-state index contributed by atoms with van der Waals surface area (Å²) < 4.78 is 26.6. The van der Waals surface area contributed by atoms with E-state index >= 15 is 0 Å². The first-order valence-corrected chi connectivity index (χ1v) is 10.5. The van der Waals surface area contributed by atoms with Crippen LogP contribution in [0, 0.1) is 11.7 Å². The standard InChI is InChI=1S/C25H27FO4/c1-15(2)19-13-20-17-9-4-3-7-16(17)8-5-12-22(20)30-24(19)18-10-6-11-21(26)25(18)29-14-23(27)28/h3-4,6-7,9-11,19-20,22,24H,1,5,8,12-14H2,2H3,(H,27,28)/t19-,20-,22+,24-/m1/s1. The number of aryl methyl sites for hydroxylation is 1. The van der Waals surface area contributed by atoms with Crippen LogP contribution in [0.4, 0.5) is 4.39 Å². The molecule has 0 saturated carbocycles. The first-order valence-electron chi connectivity index (χ1n) is 10.5. The molecule has 4 rings (SSSR count). The molecule has 1 fully saturated rings. The van der Waals surface area contributed by atoms with Crippen molar-refractivity contribution in [3.05, 3.63) is 77.1 Å². The number of fused-ring (bicyclic) bond motifs is 3. The molecular weight excluding hydrogens is 383 g/mol. The van der Waals surface area contributed by atoms with E-state index in [1.165, 1.54) is 17.2 Å². The molecule has 1 heterocycles. The third-order valence-corrected chi connectivity index (χ3v) is 6.31. The number of rotatable bonds is 5. The monoisotopic (exact) mass is 410 g/mol. The summed E-state index contributed by atoms with van der Waals surface area (Å²) in [5, 5.41) is 8.99. The molecule has 2 aromatic rings. The molecule has 0 bridgehead atoms. The molecular formula is C25H27FO4. The van der Waals surface area contributed by atoms with Crippen LogP contribution in [0.15, 0.2) is 54.6 Å². The van der Waals surface area contributed by atoms with Gasteiger partial charge in [0.15, 0.2) is 18.2 Å². The highest BCUT2D eigenvalue weighted by Gasteiger charge is 2.42. The molecule has 1 aliphatic carbocycles. The summed E-state index contributed by atoms with van der Waals surface area (Å²) >= 11 is 0. The van der Waals surface area contributed by atoms with Crippen LogP contribution in [-0.2, 0) is 16.0 Å². The topological polar surface area (TPSA) is 55.8 Å². The predicted octanol–water partition coefficient (Wildman–Crippen LogP) is 5.43. The van der Waals surface area contributed by atoms with E-state index in [1.807, 2.05) is 6.92 Å². The maximum Gasteiger partial charge on any atom is 0.341 e. The Balaban J connectivity index is 1.71. The lowest BCUT2D eigenvalue weighted by Gasteiger charge is -2.42. The number of carboxylic acid groups (broad SMARTS) is 1. The zero-order valence-electron chi connectivity index (χ0n) is 17.1. The quantitative estimate of drug-likeness (QED) is 0.668. The third-order valence-electron chi connectivity index (χ3n) is 6.31. The zero-order chi connectivity index (χ0) is 21.3. The Labute approximate surface area is 176 Å². The maximum absolute atomic E-state index is 14.6. The van der Waals surface area contributed by atoms with Gasteiger partial charge in [0, 0.05) is 17.4 Å². The van der Waals surface area contributed by atoms with E-state index < -0.39 is 24.5 Å². The summed E-state index contributed by atoms with van der Waals surface area (Å²) in [5.74, 6) is -1.52. The molecule has 2 aliphatic rings. The van der Waals surface area contributed by atoms with Gasteiger partial charge in [0.25, 0.3) is 0 Å². The van der Waals surface area contributed by atoms with Crippen molar-refractivity contribution in [3.8, 4) is 5.75 Å². The van der Waals surface area contributed by atoms with Crippen molar-refractivity contribution in [1.29, 1.82) is 0 Å². The van der Waals surface area contributed by atoms with E-state index in [2.05, 4.69) is 30.8 Å². The molecule has 0 aromatic heterocycles. The fraction of sp³-hybridized carbons (Fsp3) is 0.400. The van der Waals surface area contributed by atoms with E-state index in [4.69, 9.17) is 14.6 Å². The van der Waals surface area contributed by atoms with E-state index in [0.717, 1.165) is 31.3 Å². The fourth-order valence-electron chi connectivity index (χ4n) is 4.93. The summed E-state index contributed by atoms with van der Waals surface area (Å²) in [5.41, 5.74) is 4.24. The Morgan fingerprint density at radius 2 is 2.00 bits per heavy atom. The number of ether oxygens (including phenoxy) is 2. The van der Waals surface area contributed by atoms with Crippen molar-refractivity contribution in [3.63, 3.8) is 0 Å². The summed E-state index contributed by atoms with van der Waals surface area (Å²) in [7, 11) is 0. The van der Waals surface area contributed by atoms with Crippen LogP contribution < -0.4 is 4.74 Å². The van der Waals surface area contributed by atoms with Crippen molar-refractivity contribution >= 4 is 5.97 Å². The lowest BCUT2D eigenvalue weighted by Crippen LogP contribution is -2.36. The normalized spacial score (nSPS) is 25.5. The maximum atomic E-state index is 14.6. The third kappa shape index (κ3) is 3.99. The minimum Gasteiger partial charge on any atom is -0.479 e. The molecule has 0 spiro atoms. The van der Waals surface area contributed by atoms with Crippen molar-refractivity contribution in [2.45, 2.75) is 50.7 Å². The second-order valence-corrected chi connectivity index (χ2v) is 8.32. The van der Waals surface area contributed by atoms with E-state index in [1.54, 1.807) is 12.1 Å². The van der Waals surface area contributed by atoms with Gasteiger partial charge in [-0.3, -0.25) is 0 Å². The second-order valence-electron chi connectivity index (χ2n) is 8.32. The van der Waals surface area contributed by atoms with E-state index in [-0.39, 0.29) is 23.7 Å². The molecule has 1 saturated heterocycles. The average Bonchev–Trinajstić information content (AvgIpc) is 2.90. The first-order chi connectivity index (χ1) is 14.5. The van der Waals surface area contributed by atoms with Gasteiger partial charge in [0.1, 0.15) is 0 Å². The predicted molar refractivity (Wildman–Crippen MR) is 112 cm³/mol. The number of aliphatic carboxylic acids is 1. The molecule has 4 atom stereocenters. The van der Waals surface area contributed by atoms with Crippen LogP contribution in [0.2, 0.25) is 0 Å². The number of hydrogen-bond acceptors (Lipinski definition) is 3. The fourth-order valence-corrected chi connectivity index (χ4v) is 4.93. The molecule has 30 heavy (non-hydrogen) atoms. The van der Waals surface area contributed by atoms with Gasteiger partial charge < -0.3 is 14.6 Å². The van der Waals surface area contributed by atoms with Crippen molar-refractivity contribution in [1.82, 2.24) is 0 Å². The SMILES string of the molecule is C=C(C)[C@H]1C[C@@H]2c3ccccc3CCC[C@@H]2O[C@@H]1c1cccc(F)c1OCC(=O)O. The Kier molecular flexibility index (Phi) is 5.91. The average molecular weight is 410 g/mol. The lowest BCUT2D eigenvalue weighted by atomic mass is 9.75. The van der Waals surface area contributed by atoms with Gasteiger partial charge in [-0.25, -0.2) is 9.18 Å². The minimum absolute atomic E-state index is 0.0184. The highest BCUT2D eigenvalue weighted by atomic mass is 19.1. The summed E-state index contributed by atoms with van der Waals surface area (Å²) in [6, 6.07) is 13.2. The molecule has 1 N–H and O–H groups in total. The zero-order valence-corrected chi connectivity index (χ0v) is 17.1. The Morgan fingerprint density at radius 3 is 2.77 bits per heavy atom. The smallest absolute Gasteiger partial charge is 0.341 e. The lowest BCUT2D eigenvalue weighted by molar-refractivity contribution is -0.139. The highest BCUT2D eigenvalue weighted by Crippen LogP contribution is 2.50. The minimum atomic E-state index is -1.15. The van der Waals surface area contributed by atoms with Crippen LogP contribution in [0.25, 0.3) is 0 Å². The molecule has 2 aromatic carbocycles. The van der Waals surface area contributed by atoms with Crippen molar-refractivity contribution in [2.75, 3.05) is 6.61 Å². The first kappa shape index (κ1) is 20.6. The largest absolute Gasteiger partial charge is 0.479 e. The number of halogens is 1. The van der Waals surface area contributed by atoms with Crippen LogP contribution in [0.3, 0.4) is 0 Å². The number of benzene rings is 2. The van der Waals surface area contributed by atoms with E-state index in [0.29, 0.717) is 5.56 Å². The van der Waals surface area contributed by atoms with E-state index in [9.17, 15) is 9.18 Å². The van der Waals surface area contributed by atoms with Crippen molar-refractivity contribution in [2.24, 2.45) is 5.92 Å². The molecule has 0 amide bonds. The second kappa shape index (κ2) is 8.60. The number of carboxylic acids is 1.